The lowest BCUT2D eigenvalue weighted by molar-refractivity contribution is 0.0907. The molecule has 5 nitrogen and oxygen atoms in total. The fourth-order valence-electron chi connectivity index (χ4n) is 2.20. The Hall–Kier alpha value is -2.01. The third-order valence-corrected chi connectivity index (χ3v) is 3.20. The monoisotopic (exact) mass is 263 g/mol. The van der Waals surface area contributed by atoms with Gasteiger partial charge in [-0.3, -0.25) is 4.90 Å². The molecule has 1 aromatic carbocycles. The summed E-state index contributed by atoms with van der Waals surface area (Å²) in [6.45, 7) is -0.127. The third-order valence-electron chi connectivity index (χ3n) is 3.20. The van der Waals surface area contributed by atoms with Crippen LogP contribution >= 0.6 is 0 Å². The van der Waals surface area contributed by atoms with Crippen LogP contribution < -0.4 is 4.74 Å². The molecule has 1 amide bonds. The van der Waals surface area contributed by atoms with Crippen molar-refractivity contribution in [1.82, 2.24) is 4.90 Å². The molecule has 2 rings (SSSR count). The van der Waals surface area contributed by atoms with Crippen LogP contribution in [0.1, 0.15) is 11.6 Å². The first-order valence-electron chi connectivity index (χ1n) is 6.00. The van der Waals surface area contributed by atoms with Gasteiger partial charge in [0.05, 0.1) is 32.9 Å². The number of amides is 1. The predicted molar refractivity (Wildman–Crippen MR) is 70.0 cm³/mol. The molecule has 1 aromatic rings. The molecule has 1 N–H and O–H groups in total. The van der Waals surface area contributed by atoms with Crippen molar-refractivity contribution < 1.29 is 19.4 Å². The molecule has 0 aromatic heterocycles. The van der Waals surface area contributed by atoms with Gasteiger partial charge in [-0.1, -0.05) is 24.3 Å². The van der Waals surface area contributed by atoms with E-state index in [2.05, 4.69) is 0 Å². The highest BCUT2D eigenvalue weighted by atomic mass is 16.5. The molecule has 2 atom stereocenters. The molecule has 19 heavy (non-hydrogen) atoms. The fourth-order valence-corrected chi connectivity index (χ4v) is 2.20. The number of aliphatic hydroxyl groups is 1. The largest absolute Gasteiger partial charge is 0.497 e. The van der Waals surface area contributed by atoms with Gasteiger partial charge in [-0.2, -0.15) is 0 Å². The quantitative estimate of drug-likeness (QED) is 0.844. The summed E-state index contributed by atoms with van der Waals surface area (Å²) >= 11 is 0. The van der Waals surface area contributed by atoms with Crippen LogP contribution in [0.25, 0.3) is 0 Å². The summed E-state index contributed by atoms with van der Waals surface area (Å²) in [6.07, 6.45) is 3.25. The lowest BCUT2D eigenvalue weighted by Gasteiger charge is -2.28. The van der Waals surface area contributed by atoms with Gasteiger partial charge in [-0.05, 0) is 17.7 Å². The number of ether oxygens (including phenoxy) is 2. The van der Waals surface area contributed by atoms with Gasteiger partial charge in [-0.15, -0.1) is 0 Å². The maximum atomic E-state index is 11.8. The Balaban J connectivity index is 2.26. The Morgan fingerprint density at radius 3 is 2.47 bits per heavy atom. The second kappa shape index (κ2) is 5.75. The van der Waals surface area contributed by atoms with E-state index in [0.29, 0.717) is 0 Å². The van der Waals surface area contributed by atoms with E-state index in [1.165, 1.54) is 12.0 Å². The van der Waals surface area contributed by atoms with Gasteiger partial charge in [0.25, 0.3) is 0 Å². The van der Waals surface area contributed by atoms with Crippen LogP contribution in [0.15, 0.2) is 36.4 Å². The Bertz CT molecular complexity index is 469. The summed E-state index contributed by atoms with van der Waals surface area (Å²) in [5.41, 5.74) is 0.943. The van der Waals surface area contributed by atoms with Gasteiger partial charge >= 0.3 is 6.09 Å². The SMILES string of the molecule is COC(=O)N1C(c2ccc(OC)cc2)C=C[C@H]1CO. The van der Waals surface area contributed by atoms with Crippen molar-refractivity contribution in [2.75, 3.05) is 20.8 Å². The molecule has 0 bridgehead atoms. The zero-order valence-electron chi connectivity index (χ0n) is 10.9. The second-order valence-corrected chi connectivity index (χ2v) is 4.23. The van der Waals surface area contributed by atoms with Crippen molar-refractivity contribution in [2.45, 2.75) is 12.1 Å². The maximum Gasteiger partial charge on any atom is 0.410 e. The Labute approximate surface area is 112 Å². The highest BCUT2D eigenvalue weighted by molar-refractivity contribution is 5.70. The maximum absolute atomic E-state index is 11.8. The Morgan fingerprint density at radius 2 is 1.95 bits per heavy atom. The van der Waals surface area contributed by atoms with Crippen molar-refractivity contribution >= 4 is 6.09 Å². The molecule has 0 saturated heterocycles. The molecule has 5 heteroatoms. The molecule has 0 saturated carbocycles. The van der Waals surface area contributed by atoms with Gasteiger partial charge in [-0.25, -0.2) is 4.79 Å². The number of aliphatic hydroxyl groups excluding tert-OH is 1. The van der Waals surface area contributed by atoms with Gasteiger partial charge in [0.15, 0.2) is 0 Å². The lowest BCUT2D eigenvalue weighted by atomic mass is 10.1. The van der Waals surface area contributed by atoms with Crippen molar-refractivity contribution in [1.29, 1.82) is 0 Å². The van der Waals surface area contributed by atoms with Crippen LogP contribution in [0.5, 0.6) is 5.75 Å². The molecule has 1 heterocycles. The van der Waals surface area contributed by atoms with E-state index < -0.39 is 6.09 Å². The zero-order chi connectivity index (χ0) is 13.8. The van der Waals surface area contributed by atoms with Gasteiger partial charge < -0.3 is 14.6 Å². The predicted octanol–water partition coefficient (Wildman–Crippen LogP) is 1.74. The molecule has 1 unspecified atom stereocenters. The van der Waals surface area contributed by atoms with Crippen molar-refractivity contribution in [2.24, 2.45) is 0 Å². The summed E-state index contributed by atoms with van der Waals surface area (Å²) < 4.78 is 9.88. The summed E-state index contributed by atoms with van der Waals surface area (Å²) in [5.74, 6) is 0.758. The third kappa shape index (κ3) is 2.56. The van der Waals surface area contributed by atoms with E-state index in [0.717, 1.165) is 11.3 Å². The molecule has 0 spiro atoms. The highest BCUT2D eigenvalue weighted by Crippen LogP contribution is 2.31. The van der Waals surface area contributed by atoms with E-state index in [-0.39, 0.29) is 18.7 Å². The molecule has 0 aliphatic carbocycles. The van der Waals surface area contributed by atoms with Crippen molar-refractivity contribution in [3.63, 3.8) is 0 Å². The second-order valence-electron chi connectivity index (χ2n) is 4.23. The van der Waals surface area contributed by atoms with E-state index in [1.54, 1.807) is 7.11 Å². The number of methoxy groups -OCH3 is 2. The molecule has 102 valence electrons. The van der Waals surface area contributed by atoms with Crippen LogP contribution in [-0.2, 0) is 4.74 Å². The Morgan fingerprint density at radius 1 is 1.26 bits per heavy atom. The van der Waals surface area contributed by atoms with Crippen LogP contribution in [0, 0.1) is 0 Å². The first kappa shape index (κ1) is 13.4. The highest BCUT2D eigenvalue weighted by Gasteiger charge is 2.33. The smallest absolute Gasteiger partial charge is 0.410 e. The number of hydrogen-bond donors (Lipinski definition) is 1. The summed E-state index contributed by atoms with van der Waals surface area (Å²) in [4.78, 5) is 13.3. The average molecular weight is 263 g/mol. The number of benzene rings is 1. The minimum absolute atomic E-state index is 0.127. The molecule has 1 aliphatic heterocycles. The molecule has 0 fully saturated rings. The first-order valence-corrected chi connectivity index (χ1v) is 6.00. The van der Waals surface area contributed by atoms with Crippen molar-refractivity contribution in [3.05, 3.63) is 42.0 Å². The van der Waals surface area contributed by atoms with Crippen LogP contribution in [0.4, 0.5) is 4.79 Å². The first-order chi connectivity index (χ1) is 9.21. The van der Waals surface area contributed by atoms with E-state index >= 15 is 0 Å². The van der Waals surface area contributed by atoms with Gasteiger partial charge in [0, 0.05) is 0 Å². The molecular weight excluding hydrogens is 246 g/mol. The topological polar surface area (TPSA) is 59.0 Å². The van der Waals surface area contributed by atoms with Crippen LogP contribution in [-0.4, -0.2) is 43.0 Å². The Kier molecular flexibility index (Phi) is 4.06. The summed E-state index contributed by atoms with van der Waals surface area (Å²) in [6, 6.07) is 6.89. The van der Waals surface area contributed by atoms with Crippen LogP contribution in [0.2, 0.25) is 0 Å². The number of carbonyl (C=O) groups is 1. The lowest BCUT2D eigenvalue weighted by Crippen LogP contribution is -2.39. The number of rotatable bonds is 3. The zero-order valence-corrected chi connectivity index (χ0v) is 10.9. The van der Waals surface area contributed by atoms with Gasteiger partial charge in [0.1, 0.15) is 5.75 Å². The number of hydrogen-bond acceptors (Lipinski definition) is 4. The van der Waals surface area contributed by atoms with Crippen molar-refractivity contribution in [3.8, 4) is 5.75 Å². The normalized spacial score (nSPS) is 21.5. The number of nitrogens with zero attached hydrogens (tertiary/aromatic N) is 1. The summed E-state index contributed by atoms with van der Waals surface area (Å²) in [7, 11) is 2.94. The minimum atomic E-state index is -0.454. The average Bonchev–Trinajstić information content (AvgIpc) is 2.90. The molecule has 1 aliphatic rings. The minimum Gasteiger partial charge on any atom is -0.497 e. The molecule has 0 radical (unpaired) electrons. The van der Waals surface area contributed by atoms with E-state index in [4.69, 9.17) is 9.47 Å². The number of carbonyl (C=O) groups excluding carboxylic acids is 1. The van der Waals surface area contributed by atoms with Gasteiger partial charge in [0.2, 0.25) is 0 Å². The van der Waals surface area contributed by atoms with E-state index in [9.17, 15) is 9.90 Å². The fraction of sp³-hybridized carbons (Fsp3) is 0.357. The standard InChI is InChI=1S/C14H17NO4/c1-18-12-6-3-10(4-7-12)13-8-5-11(9-16)15(13)14(17)19-2/h3-8,11,13,16H,9H2,1-2H3/t11-,13?/m0/s1. The van der Waals surface area contributed by atoms with E-state index in [1.807, 2.05) is 36.4 Å². The summed E-state index contributed by atoms with van der Waals surface area (Å²) in [5, 5.41) is 9.31. The van der Waals surface area contributed by atoms with Crippen LogP contribution in [0.3, 0.4) is 0 Å². The molecular formula is C14H17NO4.